The summed E-state index contributed by atoms with van der Waals surface area (Å²) in [5.41, 5.74) is 2.88. The number of alkyl halides is 2. The zero-order valence-corrected chi connectivity index (χ0v) is 16.3. The number of carbonyl (C=O) groups excluding carboxylic acids is 1. The summed E-state index contributed by atoms with van der Waals surface area (Å²) in [5.74, 6) is -2.34. The minimum Gasteiger partial charge on any atom is -0.508 e. The van der Waals surface area contributed by atoms with Crippen LogP contribution in [0.4, 0.5) is 14.5 Å². The topological polar surface area (TPSA) is 52.6 Å². The van der Waals surface area contributed by atoms with E-state index in [1.807, 2.05) is 19.1 Å². The Bertz CT molecular complexity index is 838. The summed E-state index contributed by atoms with van der Waals surface area (Å²) in [5, 5.41) is 12.2. The third kappa shape index (κ3) is 5.33. The van der Waals surface area contributed by atoms with Gasteiger partial charge in [-0.15, -0.1) is 0 Å². The number of benzene rings is 2. The number of halogens is 2. The SMILES string of the molecule is C[C@H](C(=O)Nc1ccc(SC(F)F)cc1)N1CC=C(c2ccc(O)cc2)CC1. The van der Waals surface area contributed by atoms with E-state index >= 15 is 0 Å². The molecule has 28 heavy (non-hydrogen) atoms. The highest BCUT2D eigenvalue weighted by Crippen LogP contribution is 2.27. The predicted octanol–water partition coefficient (Wildman–Crippen LogP) is 4.82. The van der Waals surface area contributed by atoms with Gasteiger partial charge < -0.3 is 10.4 Å². The molecule has 0 saturated heterocycles. The summed E-state index contributed by atoms with van der Waals surface area (Å²) < 4.78 is 24.7. The molecule has 0 fully saturated rings. The molecule has 4 nitrogen and oxygen atoms in total. The number of hydrogen-bond acceptors (Lipinski definition) is 4. The van der Waals surface area contributed by atoms with Crippen LogP contribution in [0, 0.1) is 0 Å². The smallest absolute Gasteiger partial charge is 0.288 e. The van der Waals surface area contributed by atoms with Crippen molar-refractivity contribution in [3.8, 4) is 5.75 Å². The van der Waals surface area contributed by atoms with Gasteiger partial charge in [0.15, 0.2) is 0 Å². The Kier molecular flexibility index (Phi) is 6.70. The Labute approximate surface area is 167 Å². The van der Waals surface area contributed by atoms with Gasteiger partial charge in [0.05, 0.1) is 6.04 Å². The molecule has 2 aromatic carbocycles. The van der Waals surface area contributed by atoms with Gasteiger partial charge >= 0.3 is 0 Å². The molecule has 1 aliphatic rings. The number of nitrogens with one attached hydrogen (secondary N) is 1. The lowest BCUT2D eigenvalue weighted by molar-refractivity contribution is -0.120. The van der Waals surface area contributed by atoms with Crippen molar-refractivity contribution in [3.05, 3.63) is 60.2 Å². The molecule has 0 spiro atoms. The number of aromatic hydroxyl groups is 1. The van der Waals surface area contributed by atoms with Gasteiger partial charge in [0.2, 0.25) is 5.91 Å². The van der Waals surface area contributed by atoms with Gasteiger partial charge in [0, 0.05) is 23.7 Å². The van der Waals surface area contributed by atoms with Crippen molar-refractivity contribution in [2.75, 3.05) is 18.4 Å². The molecular weight excluding hydrogens is 382 g/mol. The van der Waals surface area contributed by atoms with E-state index in [9.17, 15) is 18.7 Å². The summed E-state index contributed by atoms with van der Waals surface area (Å²) in [6.45, 7) is 3.27. The standard InChI is InChI=1S/C21H22F2N2O2S/c1-14(20(27)24-17-4-8-19(9-5-17)28-21(22)23)25-12-10-16(11-13-25)15-2-6-18(26)7-3-15/h2-10,14,21,26H,11-13H2,1H3,(H,24,27)/t14-/m1/s1. The fraction of sp³-hybridized carbons (Fsp3) is 0.286. The lowest BCUT2D eigenvalue weighted by Crippen LogP contribution is -2.44. The molecule has 2 N–H and O–H groups in total. The predicted molar refractivity (Wildman–Crippen MR) is 109 cm³/mol. The molecule has 1 amide bonds. The van der Waals surface area contributed by atoms with Crippen LogP contribution in [-0.2, 0) is 4.79 Å². The van der Waals surface area contributed by atoms with Crippen molar-refractivity contribution in [1.82, 2.24) is 4.90 Å². The van der Waals surface area contributed by atoms with Crippen molar-refractivity contribution in [2.45, 2.75) is 30.0 Å². The molecule has 0 radical (unpaired) electrons. The number of amides is 1. The number of hydrogen-bond donors (Lipinski definition) is 2. The van der Waals surface area contributed by atoms with Crippen molar-refractivity contribution in [1.29, 1.82) is 0 Å². The molecule has 2 aromatic rings. The average Bonchev–Trinajstić information content (AvgIpc) is 2.69. The molecule has 148 valence electrons. The van der Waals surface area contributed by atoms with Crippen LogP contribution in [0.1, 0.15) is 18.9 Å². The quantitative estimate of drug-likeness (QED) is 0.678. The van der Waals surface area contributed by atoms with Crippen LogP contribution in [0.3, 0.4) is 0 Å². The zero-order chi connectivity index (χ0) is 20.1. The van der Waals surface area contributed by atoms with E-state index in [0.29, 0.717) is 28.9 Å². The van der Waals surface area contributed by atoms with Crippen molar-refractivity contribution in [3.63, 3.8) is 0 Å². The number of phenolic OH excluding ortho intramolecular Hbond substituents is 1. The maximum absolute atomic E-state index is 12.5. The molecular formula is C21H22F2N2O2S. The number of rotatable bonds is 6. The molecule has 1 atom stereocenters. The third-order valence-corrected chi connectivity index (χ3v) is 5.48. The van der Waals surface area contributed by atoms with Gasteiger partial charge in [0.1, 0.15) is 5.75 Å². The van der Waals surface area contributed by atoms with Gasteiger partial charge in [-0.05, 0) is 60.9 Å². The first-order valence-corrected chi connectivity index (χ1v) is 9.88. The summed E-state index contributed by atoms with van der Waals surface area (Å²) in [6, 6.07) is 13.2. The van der Waals surface area contributed by atoms with Gasteiger partial charge in [-0.3, -0.25) is 9.69 Å². The normalized spacial score (nSPS) is 15.9. The first-order valence-electron chi connectivity index (χ1n) is 9.00. The van der Waals surface area contributed by atoms with E-state index in [1.165, 1.54) is 5.57 Å². The van der Waals surface area contributed by atoms with E-state index < -0.39 is 5.76 Å². The molecule has 0 bridgehead atoms. The zero-order valence-electron chi connectivity index (χ0n) is 15.4. The highest BCUT2D eigenvalue weighted by Gasteiger charge is 2.23. The highest BCUT2D eigenvalue weighted by molar-refractivity contribution is 7.99. The van der Waals surface area contributed by atoms with Gasteiger partial charge in [0.25, 0.3) is 5.76 Å². The van der Waals surface area contributed by atoms with Crippen LogP contribution in [0.15, 0.2) is 59.5 Å². The van der Waals surface area contributed by atoms with E-state index in [2.05, 4.69) is 16.3 Å². The Balaban J connectivity index is 1.56. The molecule has 3 rings (SSSR count). The lowest BCUT2D eigenvalue weighted by Gasteiger charge is -2.31. The molecule has 0 unspecified atom stereocenters. The number of anilines is 1. The summed E-state index contributed by atoms with van der Waals surface area (Å²) in [4.78, 5) is 15.1. The first-order chi connectivity index (χ1) is 13.4. The third-order valence-electron chi connectivity index (χ3n) is 4.75. The maximum atomic E-state index is 12.5. The molecule has 1 heterocycles. The Hall–Kier alpha value is -2.38. The van der Waals surface area contributed by atoms with E-state index in [4.69, 9.17) is 0 Å². The molecule has 7 heteroatoms. The first kappa shape index (κ1) is 20.4. The molecule has 0 aromatic heterocycles. The van der Waals surface area contributed by atoms with Crippen molar-refractivity contribution in [2.24, 2.45) is 0 Å². The number of thioether (sulfide) groups is 1. The second-order valence-corrected chi connectivity index (χ2v) is 7.65. The van der Waals surface area contributed by atoms with Gasteiger partial charge in [-0.25, -0.2) is 0 Å². The summed E-state index contributed by atoms with van der Waals surface area (Å²) in [7, 11) is 0. The number of nitrogens with zero attached hydrogens (tertiary/aromatic N) is 1. The van der Waals surface area contributed by atoms with Crippen molar-refractivity contribution < 1.29 is 18.7 Å². The largest absolute Gasteiger partial charge is 0.508 e. The van der Waals surface area contributed by atoms with E-state index in [1.54, 1.807) is 36.4 Å². The maximum Gasteiger partial charge on any atom is 0.288 e. The Morgan fingerprint density at radius 2 is 1.82 bits per heavy atom. The summed E-state index contributed by atoms with van der Waals surface area (Å²) in [6.07, 6.45) is 2.93. The molecule has 0 saturated carbocycles. The average molecular weight is 404 g/mol. The fourth-order valence-electron chi connectivity index (χ4n) is 3.11. The van der Waals surface area contributed by atoms with Crippen molar-refractivity contribution >= 4 is 28.9 Å². The second-order valence-electron chi connectivity index (χ2n) is 6.59. The van der Waals surface area contributed by atoms with E-state index in [-0.39, 0.29) is 17.7 Å². The van der Waals surface area contributed by atoms with Gasteiger partial charge in [-0.2, -0.15) is 8.78 Å². The van der Waals surface area contributed by atoms with Crippen LogP contribution in [-0.4, -0.2) is 40.8 Å². The minimum absolute atomic E-state index is 0.129. The minimum atomic E-state index is -2.46. The van der Waals surface area contributed by atoms with Crippen LogP contribution >= 0.6 is 11.8 Å². The Morgan fingerprint density at radius 1 is 1.14 bits per heavy atom. The van der Waals surface area contributed by atoms with Crippen LogP contribution in [0.5, 0.6) is 5.75 Å². The molecule has 1 aliphatic heterocycles. The van der Waals surface area contributed by atoms with Crippen LogP contribution in [0.25, 0.3) is 5.57 Å². The monoisotopic (exact) mass is 404 g/mol. The van der Waals surface area contributed by atoms with E-state index in [0.717, 1.165) is 18.5 Å². The number of phenols is 1. The van der Waals surface area contributed by atoms with Crippen LogP contribution in [0.2, 0.25) is 0 Å². The van der Waals surface area contributed by atoms with Gasteiger partial charge in [-0.1, -0.05) is 30.0 Å². The number of carbonyl (C=O) groups is 1. The second kappa shape index (κ2) is 9.21. The summed E-state index contributed by atoms with van der Waals surface area (Å²) >= 11 is 0.480. The highest BCUT2D eigenvalue weighted by atomic mass is 32.2. The Morgan fingerprint density at radius 3 is 2.39 bits per heavy atom. The van der Waals surface area contributed by atoms with Crippen LogP contribution < -0.4 is 5.32 Å². The lowest BCUT2D eigenvalue weighted by atomic mass is 9.98. The molecule has 0 aliphatic carbocycles. The fourth-order valence-corrected chi connectivity index (χ4v) is 3.61.